The standard InChI is InChI=1S/C34H28N2O5/c37-29(35-28-15-7-11-20-10-4-5-14-25(20)28)19-41-34(40)22-12-6-13-24(16-22)36-32(38)30-23-17-26(21-8-2-1-3-9-21)27(18-23)31(30)33(36)39/h1-16,23,26-27,30-31H,17-19H2,(H,35,37)/t23-,26-,27+,30+,31+/m0/s1. The number of benzene rings is 4. The number of amides is 3. The van der Waals surface area contributed by atoms with Gasteiger partial charge in [0.25, 0.3) is 5.91 Å². The van der Waals surface area contributed by atoms with E-state index >= 15 is 0 Å². The zero-order valence-corrected chi connectivity index (χ0v) is 22.2. The van der Waals surface area contributed by atoms with E-state index in [-0.39, 0.29) is 47.0 Å². The van der Waals surface area contributed by atoms with E-state index in [0.717, 1.165) is 23.6 Å². The second-order valence-electron chi connectivity index (χ2n) is 11.2. The number of imide groups is 1. The molecule has 1 N–H and O–H groups in total. The van der Waals surface area contributed by atoms with E-state index in [1.165, 1.54) is 16.5 Å². The second-order valence-corrected chi connectivity index (χ2v) is 11.2. The molecule has 41 heavy (non-hydrogen) atoms. The summed E-state index contributed by atoms with van der Waals surface area (Å²) < 4.78 is 5.29. The van der Waals surface area contributed by atoms with E-state index < -0.39 is 18.5 Å². The van der Waals surface area contributed by atoms with Crippen LogP contribution in [0, 0.1) is 23.7 Å². The molecule has 4 aromatic rings. The van der Waals surface area contributed by atoms with Gasteiger partial charge in [-0.2, -0.15) is 0 Å². The fraction of sp³-hybridized carbons (Fsp3) is 0.235. The lowest BCUT2D eigenvalue weighted by Crippen LogP contribution is -2.33. The number of rotatable bonds is 6. The van der Waals surface area contributed by atoms with Crippen molar-refractivity contribution in [2.45, 2.75) is 18.8 Å². The molecule has 7 rings (SSSR count). The number of carbonyl (C=O) groups excluding carboxylic acids is 4. The highest BCUT2D eigenvalue weighted by atomic mass is 16.5. The average Bonchev–Trinajstić information content (AvgIpc) is 3.67. The van der Waals surface area contributed by atoms with Gasteiger partial charge in [-0.05, 0) is 65.8 Å². The predicted octanol–water partition coefficient (Wildman–Crippen LogP) is 5.56. The zero-order valence-electron chi connectivity index (χ0n) is 22.2. The number of nitrogens with zero attached hydrogens (tertiary/aromatic N) is 1. The number of carbonyl (C=O) groups is 4. The lowest BCUT2D eigenvalue weighted by Gasteiger charge is -2.28. The maximum atomic E-state index is 13.7. The summed E-state index contributed by atoms with van der Waals surface area (Å²) in [6.45, 7) is -0.470. The van der Waals surface area contributed by atoms with Gasteiger partial charge in [-0.15, -0.1) is 0 Å². The molecule has 7 heteroatoms. The molecule has 2 aliphatic carbocycles. The third-order valence-electron chi connectivity index (χ3n) is 8.98. The van der Waals surface area contributed by atoms with Gasteiger partial charge in [-0.3, -0.25) is 19.3 Å². The van der Waals surface area contributed by atoms with Crippen LogP contribution in [0.4, 0.5) is 11.4 Å². The number of hydrogen-bond donors (Lipinski definition) is 1. The summed E-state index contributed by atoms with van der Waals surface area (Å²) in [5.41, 5.74) is 2.39. The molecule has 7 nitrogen and oxygen atoms in total. The van der Waals surface area contributed by atoms with Crippen LogP contribution in [-0.2, 0) is 19.1 Å². The van der Waals surface area contributed by atoms with E-state index in [4.69, 9.17) is 4.74 Å². The SMILES string of the molecule is O=C(COC(=O)c1cccc(N2C(=O)[C@@H]3[C@@H]4C[C@@H]([C@H]3C2=O)[C@H](c2ccccc2)C4)c1)Nc1cccc2ccccc12. The highest BCUT2D eigenvalue weighted by molar-refractivity contribution is 6.23. The Labute approximate surface area is 237 Å². The van der Waals surface area contributed by atoms with Crippen LogP contribution in [0.25, 0.3) is 10.8 Å². The van der Waals surface area contributed by atoms with Crippen molar-refractivity contribution in [2.75, 3.05) is 16.8 Å². The molecule has 2 bridgehead atoms. The Morgan fingerprint density at radius 2 is 1.54 bits per heavy atom. The molecule has 1 heterocycles. The molecule has 0 radical (unpaired) electrons. The Bertz CT molecular complexity index is 1690. The molecule has 3 fully saturated rings. The molecule has 2 saturated carbocycles. The molecule has 0 spiro atoms. The minimum absolute atomic E-state index is 0.141. The average molecular weight is 545 g/mol. The fourth-order valence-corrected chi connectivity index (χ4v) is 7.30. The van der Waals surface area contributed by atoms with Crippen molar-refractivity contribution in [3.63, 3.8) is 0 Å². The molecular weight excluding hydrogens is 516 g/mol. The van der Waals surface area contributed by atoms with Crippen molar-refractivity contribution >= 4 is 45.8 Å². The van der Waals surface area contributed by atoms with E-state index in [1.54, 1.807) is 24.3 Å². The van der Waals surface area contributed by atoms with E-state index in [2.05, 4.69) is 17.4 Å². The Kier molecular flexibility index (Phi) is 6.15. The van der Waals surface area contributed by atoms with E-state index in [0.29, 0.717) is 11.4 Å². The van der Waals surface area contributed by atoms with Crippen LogP contribution in [-0.4, -0.2) is 30.3 Å². The lowest BCUT2D eigenvalue weighted by atomic mass is 9.73. The minimum atomic E-state index is -0.705. The van der Waals surface area contributed by atoms with Crippen LogP contribution in [0.15, 0.2) is 97.1 Å². The van der Waals surface area contributed by atoms with Crippen molar-refractivity contribution in [1.29, 1.82) is 0 Å². The lowest BCUT2D eigenvalue weighted by molar-refractivity contribution is -0.123. The molecule has 3 aliphatic rings. The quantitative estimate of drug-likeness (QED) is 0.253. The van der Waals surface area contributed by atoms with Crippen molar-refractivity contribution in [3.8, 4) is 0 Å². The molecule has 4 aromatic carbocycles. The van der Waals surface area contributed by atoms with Crippen molar-refractivity contribution in [2.24, 2.45) is 23.7 Å². The van der Waals surface area contributed by atoms with Gasteiger partial charge in [0, 0.05) is 11.1 Å². The third-order valence-corrected chi connectivity index (χ3v) is 8.98. The number of hydrogen-bond acceptors (Lipinski definition) is 5. The smallest absolute Gasteiger partial charge is 0.338 e. The Morgan fingerprint density at radius 3 is 2.39 bits per heavy atom. The predicted molar refractivity (Wildman–Crippen MR) is 154 cm³/mol. The van der Waals surface area contributed by atoms with Gasteiger partial charge in [-0.1, -0.05) is 72.8 Å². The van der Waals surface area contributed by atoms with Gasteiger partial charge in [0.2, 0.25) is 11.8 Å². The fourth-order valence-electron chi connectivity index (χ4n) is 7.30. The van der Waals surface area contributed by atoms with Crippen molar-refractivity contribution in [1.82, 2.24) is 0 Å². The van der Waals surface area contributed by atoms with Gasteiger partial charge in [-0.25, -0.2) is 4.79 Å². The van der Waals surface area contributed by atoms with Crippen molar-refractivity contribution < 1.29 is 23.9 Å². The second kappa shape index (κ2) is 10.0. The first-order valence-corrected chi connectivity index (χ1v) is 14.0. The monoisotopic (exact) mass is 544 g/mol. The van der Waals surface area contributed by atoms with Crippen LogP contribution in [0.5, 0.6) is 0 Å². The summed E-state index contributed by atoms with van der Waals surface area (Å²) in [4.78, 5) is 53.9. The zero-order chi connectivity index (χ0) is 28.1. The summed E-state index contributed by atoms with van der Waals surface area (Å²) in [6, 6.07) is 29.8. The van der Waals surface area contributed by atoms with Crippen LogP contribution in [0.3, 0.4) is 0 Å². The van der Waals surface area contributed by atoms with E-state index in [9.17, 15) is 19.2 Å². The van der Waals surface area contributed by atoms with Gasteiger partial charge in [0.15, 0.2) is 6.61 Å². The van der Waals surface area contributed by atoms with Crippen LogP contribution in [0.1, 0.15) is 34.7 Å². The highest BCUT2D eigenvalue weighted by Crippen LogP contribution is 2.61. The Morgan fingerprint density at radius 1 is 0.805 bits per heavy atom. The summed E-state index contributed by atoms with van der Waals surface area (Å²) in [7, 11) is 0. The normalized spacial score (nSPS) is 24.5. The molecule has 0 unspecified atom stereocenters. The number of anilines is 2. The van der Waals surface area contributed by atoms with Crippen LogP contribution < -0.4 is 10.2 Å². The largest absolute Gasteiger partial charge is 0.452 e. The van der Waals surface area contributed by atoms with E-state index in [1.807, 2.05) is 54.6 Å². The molecule has 5 atom stereocenters. The number of fused-ring (bicyclic) bond motifs is 6. The summed E-state index contributed by atoms with van der Waals surface area (Å²) in [6.07, 6.45) is 1.81. The molecule has 1 saturated heterocycles. The Balaban J connectivity index is 1.04. The number of esters is 1. The van der Waals surface area contributed by atoms with Gasteiger partial charge >= 0.3 is 5.97 Å². The van der Waals surface area contributed by atoms with Gasteiger partial charge in [0.05, 0.1) is 23.1 Å². The maximum Gasteiger partial charge on any atom is 0.338 e. The summed E-state index contributed by atoms with van der Waals surface area (Å²) in [5.74, 6) is -1.57. The molecule has 0 aromatic heterocycles. The molecule has 1 aliphatic heterocycles. The van der Waals surface area contributed by atoms with Crippen LogP contribution >= 0.6 is 0 Å². The third kappa shape index (κ3) is 4.29. The maximum absolute atomic E-state index is 13.7. The van der Waals surface area contributed by atoms with Crippen LogP contribution in [0.2, 0.25) is 0 Å². The number of ether oxygens (including phenoxy) is 1. The van der Waals surface area contributed by atoms with Gasteiger partial charge < -0.3 is 10.1 Å². The first kappa shape index (κ1) is 25.2. The number of nitrogens with one attached hydrogen (secondary N) is 1. The first-order chi connectivity index (χ1) is 20.0. The highest BCUT2D eigenvalue weighted by Gasteiger charge is 2.64. The summed E-state index contributed by atoms with van der Waals surface area (Å²) >= 11 is 0. The summed E-state index contributed by atoms with van der Waals surface area (Å²) in [5, 5.41) is 4.67. The minimum Gasteiger partial charge on any atom is -0.452 e. The molecular formula is C34H28N2O5. The first-order valence-electron chi connectivity index (χ1n) is 14.0. The van der Waals surface area contributed by atoms with Gasteiger partial charge in [0.1, 0.15) is 0 Å². The van der Waals surface area contributed by atoms with Crippen molar-refractivity contribution in [3.05, 3.63) is 108 Å². The molecule has 204 valence electrons. The molecule has 3 amide bonds. The Hall–Kier alpha value is -4.78. The topological polar surface area (TPSA) is 92.8 Å².